The van der Waals surface area contributed by atoms with Crippen molar-refractivity contribution in [2.45, 2.75) is 26.3 Å². The second kappa shape index (κ2) is 6.44. The molecule has 122 valence electrons. The lowest BCUT2D eigenvalue weighted by Crippen LogP contribution is -2.43. The van der Waals surface area contributed by atoms with Gasteiger partial charge in [0.2, 0.25) is 0 Å². The van der Waals surface area contributed by atoms with Crippen molar-refractivity contribution in [1.29, 1.82) is 0 Å². The lowest BCUT2D eigenvalue weighted by Gasteiger charge is -2.33. The highest BCUT2D eigenvalue weighted by molar-refractivity contribution is 5.92. The van der Waals surface area contributed by atoms with Crippen molar-refractivity contribution in [1.82, 2.24) is 14.7 Å². The average molecular weight is 313 g/mol. The molecule has 1 atom stereocenters. The molecule has 1 unspecified atom stereocenters. The number of ether oxygens (including phenoxy) is 1. The third-order valence-corrected chi connectivity index (χ3v) is 4.33. The Balaban J connectivity index is 1.74. The molecule has 2 aromatic rings. The highest BCUT2D eigenvalue weighted by Crippen LogP contribution is 2.27. The van der Waals surface area contributed by atoms with Gasteiger partial charge in [-0.3, -0.25) is 9.48 Å². The molecule has 0 N–H and O–H groups in total. The van der Waals surface area contributed by atoms with Crippen LogP contribution in [0.2, 0.25) is 0 Å². The van der Waals surface area contributed by atoms with Crippen LogP contribution < -0.4 is 4.74 Å². The minimum Gasteiger partial charge on any atom is -0.493 e. The smallest absolute Gasteiger partial charge is 0.272 e. The van der Waals surface area contributed by atoms with Gasteiger partial charge in [0.25, 0.3) is 5.91 Å². The molecule has 0 bridgehead atoms. The highest BCUT2D eigenvalue weighted by atomic mass is 16.5. The molecule has 0 aliphatic carbocycles. The first kappa shape index (κ1) is 15.6. The van der Waals surface area contributed by atoms with Crippen LogP contribution in [-0.2, 0) is 13.5 Å². The Morgan fingerprint density at radius 2 is 2.17 bits per heavy atom. The SMILES string of the molecule is CC(C)N(CC1COc2ccccc2C1)C(=O)c1ccnn1C. The van der Waals surface area contributed by atoms with Crippen LogP contribution in [0.25, 0.3) is 0 Å². The minimum absolute atomic E-state index is 0.0267. The first-order valence-corrected chi connectivity index (χ1v) is 8.06. The number of fused-ring (bicyclic) bond motifs is 1. The van der Waals surface area contributed by atoms with Crippen molar-refractivity contribution in [2.24, 2.45) is 13.0 Å². The minimum atomic E-state index is 0.0267. The van der Waals surface area contributed by atoms with Gasteiger partial charge in [-0.05, 0) is 38.0 Å². The van der Waals surface area contributed by atoms with E-state index in [2.05, 4.69) is 11.2 Å². The van der Waals surface area contributed by atoms with Gasteiger partial charge in [-0.15, -0.1) is 0 Å². The summed E-state index contributed by atoms with van der Waals surface area (Å²) in [5.74, 6) is 1.31. The Morgan fingerprint density at radius 3 is 2.87 bits per heavy atom. The number of aryl methyl sites for hydroxylation is 1. The number of aromatic nitrogens is 2. The molecule has 0 spiro atoms. The lowest BCUT2D eigenvalue weighted by molar-refractivity contribution is 0.0625. The molecule has 3 rings (SSSR count). The van der Waals surface area contributed by atoms with E-state index in [9.17, 15) is 4.79 Å². The quantitative estimate of drug-likeness (QED) is 0.871. The Labute approximate surface area is 136 Å². The maximum absolute atomic E-state index is 12.8. The van der Waals surface area contributed by atoms with Gasteiger partial charge in [0.05, 0.1) is 6.61 Å². The summed E-state index contributed by atoms with van der Waals surface area (Å²) in [6.45, 7) is 5.44. The van der Waals surface area contributed by atoms with E-state index in [4.69, 9.17) is 4.74 Å². The van der Waals surface area contributed by atoms with Crippen LogP contribution in [0, 0.1) is 5.92 Å². The van der Waals surface area contributed by atoms with Gasteiger partial charge in [-0.2, -0.15) is 5.10 Å². The molecular weight excluding hydrogens is 290 g/mol. The van der Waals surface area contributed by atoms with E-state index in [0.717, 1.165) is 12.2 Å². The summed E-state index contributed by atoms with van der Waals surface area (Å²) in [6.07, 6.45) is 2.60. The fourth-order valence-corrected chi connectivity index (χ4v) is 3.05. The van der Waals surface area contributed by atoms with Crippen LogP contribution in [0.5, 0.6) is 5.75 Å². The summed E-state index contributed by atoms with van der Waals surface area (Å²) in [6, 6.07) is 10.0. The molecule has 1 aromatic carbocycles. The summed E-state index contributed by atoms with van der Waals surface area (Å²) in [4.78, 5) is 14.7. The number of benzene rings is 1. The molecule has 5 nitrogen and oxygen atoms in total. The van der Waals surface area contributed by atoms with Gasteiger partial charge < -0.3 is 9.64 Å². The van der Waals surface area contributed by atoms with Crippen molar-refractivity contribution in [3.8, 4) is 5.75 Å². The number of carbonyl (C=O) groups is 1. The van der Waals surface area contributed by atoms with Crippen molar-refractivity contribution in [2.75, 3.05) is 13.2 Å². The second-order valence-electron chi connectivity index (χ2n) is 6.38. The number of rotatable bonds is 4. The number of nitrogens with zero attached hydrogens (tertiary/aromatic N) is 3. The number of hydrogen-bond donors (Lipinski definition) is 0. The summed E-state index contributed by atoms with van der Waals surface area (Å²) in [5.41, 5.74) is 1.84. The fraction of sp³-hybridized carbons (Fsp3) is 0.444. The Bertz CT molecular complexity index is 693. The highest BCUT2D eigenvalue weighted by Gasteiger charge is 2.27. The summed E-state index contributed by atoms with van der Waals surface area (Å²) in [7, 11) is 1.80. The van der Waals surface area contributed by atoms with Crippen molar-refractivity contribution in [3.05, 3.63) is 47.8 Å². The van der Waals surface area contributed by atoms with E-state index < -0.39 is 0 Å². The third kappa shape index (κ3) is 3.23. The molecule has 0 radical (unpaired) electrons. The van der Waals surface area contributed by atoms with Crippen LogP contribution in [0.1, 0.15) is 29.9 Å². The van der Waals surface area contributed by atoms with Gasteiger partial charge in [-0.25, -0.2) is 0 Å². The van der Waals surface area contributed by atoms with Crippen LogP contribution in [0.15, 0.2) is 36.5 Å². The maximum Gasteiger partial charge on any atom is 0.272 e. The predicted octanol–water partition coefficient (Wildman–Crippen LogP) is 2.52. The standard InChI is InChI=1S/C18H23N3O2/c1-13(2)21(18(22)16-8-9-19-20(16)3)11-14-10-15-6-4-5-7-17(15)23-12-14/h4-9,13-14H,10-12H2,1-3H3. The molecular formula is C18H23N3O2. The van der Waals surface area contributed by atoms with Crippen molar-refractivity contribution in [3.63, 3.8) is 0 Å². The first-order valence-electron chi connectivity index (χ1n) is 8.06. The number of amides is 1. The van der Waals surface area contributed by atoms with Gasteiger partial charge in [0.1, 0.15) is 11.4 Å². The van der Waals surface area contributed by atoms with Crippen molar-refractivity contribution >= 4 is 5.91 Å². The molecule has 2 heterocycles. The van der Waals surface area contributed by atoms with Crippen LogP contribution in [0.3, 0.4) is 0 Å². The zero-order chi connectivity index (χ0) is 16.4. The molecule has 5 heteroatoms. The zero-order valence-corrected chi connectivity index (χ0v) is 13.9. The average Bonchev–Trinajstić information content (AvgIpc) is 2.97. The third-order valence-electron chi connectivity index (χ3n) is 4.33. The zero-order valence-electron chi connectivity index (χ0n) is 13.9. The Morgan fingerprint density at radius 1 is 1.39 bits per heavy atom. The topological polar surface area (TPSA) is 47.4 Å². The molecule has 1 aliphatic rings. The van der Waals surface area contributed by atoms with E-state index in [-0.39, 0.29) is 11.9 Å². The monoisotopic (exact) mass is 313 g/mol. The van der Waals surface area contributed by atoms with E-state index in [1.165, 1.54) is 5.56 Å². The molecule has 0 saturated heterocycles. The molecule has 0 saturated carbocycles. The van der Waals surface area contributed by atoms with Crippen LogP contribution in [-0.4, -0.2) is 39.8 Å². The van der Waals surface area contributed by atoms with Gasteiger partial charge in [0.15, 0.2) is 0 Å². The summed E-state index contributed by atoms with van der Waals surface area (Å²) >= 11 is 0. The van der Waals surface area contributed by atoms with Gasteiger partial charge in [0, 0.05) is 31.7 Å². The van der Waals surface area contributed by atoms with E-state index in [0.29, 0.717) is 24.8 Å². The predicted molar refractivity (Wildman–Crippen MR) is 88.5 cm³/mol. The molecule has 1 aromatic heterocycles. The van der Waals surface area contributed by atoms with Gasteiger partial charge in [-0.1, -0.05) is 18.2 Å². The normalized spacial score (nSPS) is 16.8. The Hall–Kier alpha value is -2.30. The maximum atomic E-state index is 12.8. The molecule has 1 amide bonds. The number of para-hydroxylation sites is 1. The molecule has 1 aliphatic heterocycles. The lowest BCUT2D eigenvalue weighted by atomic mass is 9.95. The van der Waals surface area contributed by atoms with Crippen molar-refractivity contribution < 1.29 is 9.53 Å². The first-order chi connectivity index (χ1) is 11.1. The van der Waals surface area contributed by atoms with Crippen LogP contribution >= 0.6 is 0 Å². The Kier molecular flexibility index (Phi) is 4.37. The van der Waals surface area contributed by atoms with E-state index in [1.807, 2.05) is 36.9 Å². The second-order valence-corrected chi connectivity index (χ2v) is 6.38. The number of carbonyl (C=O) groups excluding carboxylic acids is 1. The van der Waals surface area contributed by atoms with E-state index in [1.54, 1.807) is 24.0 Å². The van der Waals surface area contributed by atoms with Gasteiger partial charge >= 0.3 is 0 Å². The summed E-state index contributed by atoms with van der Waals surface area (Å²) in [5, 5.41) is 4.10. The van der Waals surface area contributed by atoms with Crippen LogP contribution in [0.4, 0.5) is 0 Å². The molecule has 0 fully saturated rings. The van der Waals surface area contributed by atoms with E-state index >= 15 is 0 Å². The molecule has 23 heavy (non-hydrogen) atoms. The largest absolute Gasteiger partial charge is 0.493 e. The summed E-state index contributed by atoms with van der Waals surface area (Å²) < 4.78 is 7.48. The number of hydrogen-bond acceptors (Lipinski definition) is 3. The fourth-order valence-electron chi connectivity index (χ4n) is 3.05.